The van der Waals surface area contributed by atoms with Gasteiger partial charge in [-0.05, 0) is 20.3 Å². The lowest BCUT2D eigenvalue weighted by Gasteiger charge is -2.33. The van der Waals surface area contributed by atoms with Crippen molar-refractivity contribution in [2.45, 2.75) is 38.5 Å². The molecule has 3 heterocycles. The number of nitrogens with one attached hydrogen (secondary N) is 1. The highest BCUT2D eigenvalue weighted by Gasteiger charge is 2.37. The van der Waals surface area contributed by atoms with Crippen molar-refractivity contribution in [2.75, 3.05) is 19.7 Å². The minimum Gasteiger partial charge on any atom is -0.376 e. The van der Waals surface area contributed by atoms with E-state index in [9.17, 15) is 4.79 Å². The molecule has 0 saturated carbocycles. The maximum atomic E-state index is 12.9. The lowest BCUT2D eigenvalue weighted by atomic mass is 10.1. The zero-order valence-corrected chi connectivity index (χ0v) is 15.2. The van der Waals surface area contributed by atoms with Crippen molar-refractivity contribution < 1.29 is 9.53 Å². The van der Waals surface area contributed by atoms with Crippen LogP contribution < -0.4 is 5.32 Å². The normalized spacial score (nSPS) is 25.7. The zero-order chi connectivity index (χ0) is 18.1. The van der Waals surface area contributed by atoms with Gasteiger partial charge >= 0.3 is 0 Å². The van der Waals surface area contributed by atoms with Crippen LogP contribution in [0.3, 0.4) is 0 Å². The third kappa shape index (κ3) is 3.48. The van der Waals surface area contributed by atoms with E-state index in [1.54, 1.807) is 6.20 Å². The van der Waals surface area contributed by atoms with Crippen LogP contribution in [0.25, 0.3) is 11.3 Å². The molecular formula is C20H24N4O2. The van der Waals surface area contributed by atoms with Gasteiger partial charge in [0.2, 0.25) is 0 Å². The molecule has 6 nitrogen and oxygen atoms in total. The van der Waals surface area contributed by atoms with Gasteiger partial charge in [0, 0.05) is 36.9 Å². The van der Waals surface area contributed by atoms with Crippen LogP contribution in [0.2, 0.25) is 0 Å². The summed E-state index contributed by atoms with van der Waals surface area (Å²) in [5, 5.41) is 3.18. The molecule has 136 valence electrons. The van der Waals surface area contributed by atoms with E-state index in [2.05, 4.69) is 27.1 Å². The Labute approximate surface area is 153 Å². The highest BCUT2D eigenvalue weighted by Crippen LogP contribution is 2.25. The molecule has 26 heavy (non-hydrogen) atoms. The smallest absolute Gasteiger partial charge is 0.255 e. The minimum absolute atomic E-state index is 0.109. The quantitative estimate of drug-likeness (QED) is 0.916. The first kappa shape index (κ1) is 17.1. The summed E-state index contributed by atoms with van der Waals surface area (Å²) in [4.78, 5) is 24.1. The van der Waals surface area contributed by atoms with Crippen LogP contribution in [-0.4, -0.2) is 58.7 Å². The van der Waals surface area contributed by atoms with Crippen molar-refractivity contribution in [3.05, 3.63) is 47.9 Å². The molecule has 6 heteroatoms. The summed E-state index contributed by atoms with van der Waals surface area (Å²) in [6.07, 6.45) is 2.81. The zero-order valence-electron chi connectivity index (χ0n) is 15.2. The van der Waals surface area contributed by atoms with E-state index in [4.69, 9.17) is 4.74 Å². The van der Waals surface area contributed by atoms with Crippen molar-refractivity contribution in [3.63, 3.8) is 0 Å². The third-order valence-corrected chi connectivity index (χ3v) is 5.13. The number of ether oxygens (including phenoxy) is 1. The maximum absolute atomic E-state index is 12.9. The Morgan fingerprint density at radius 3 is 2.88 bits per heavy atom. The molecule has 0 aliphatic carbocycles. The molecule has 1 aromatic heterocycles. The second-order valence-corrected chi connectivity index (χ2v) is 7.20. The van der Waals surface area contributed by atoms with Crippen LogP contribution in [0.1, 0.15) is 29.5 Å². The molecule has 2 aliphatic rings. The Morgan fingerprint density at radius 1 is 1.27 bits per heavy atom. The van der Waals surface area contributed by atoms with Crippen molar-refractivity contribution >= 4 is 5.91 Å². The molecule has 0 unspecified atom stereocenters. The van der Waals surface area contributed by atoms with Crippen molar-refractivity contribution in [1.29, 1.82) is 0 Å². The van der Waals surface area contributed by atoms with E-state index < -0.39 is 0 Å². The van der Waals surface area contributed by atoms with Gasteiger partial charge in [0.05, 0.1) is 24.0 Å². The van der Waals surface area contributed by atoms with Crippen LogP contribution in [0.4, 0.5) is 0 Å². The number of hydrogen-bond acceptors (Lipinski definition) is 5. The first-order valence-electron chi connectivity index (χ1n) is 9.15. The number of fused-ring (bicyclic) bond motifs is 1. The second kappa shape index (κ2) is 7.13. The summed E-state index contributed by atoms with van der Waals surface area (Å²) in [5.74, 6) is 0.548. The summed E-state index contributed by atoms with van der Waals surface area (Å²) in [6.45, 7) is 6.48. The summed E-state index contributed by atoms with van der Waals surface area (Å²) < 4.78 is 5.75. The fourth-order valence-corrected chi connectivity index (χ4v) is 3.86. The van der Waals surface area contributed by atoms with Gasteiger partial charge < -0.3 is 10.1 Å². The van der Waals surface area contributed by atoms with Gasteiger partial charge in [-0.15, -0.1) is 0 Å². The fourth-order valence-electron chi connectivity index (χ4n) is 3.86. The molecule has 1 aromatic carbocycles. The van der Waals surface area contributed by atoms with E-state index in [0.717, 1.165) is 31.7 Å². The third-order valence-electron chi connectivity index (χ3n) is 5.13. The van der Waals surface area contributed by atoms with Gasteiger partial charge in [-0.1, -0.05) is 30.3 Å². The maximum Gasteiger partial charge on any atom is 0.255 e. The topological polar surface area (TPSA) is 67.3 Å². The van der Waals surface area contributed by atoms with Gasteiger partial charge in [-0.25, -0.2) is 9.97 Å². The van der Waals surface area contributed by atoms with Gasteiger partial charge in [0.25, 0.3) is 5.91 Å². The lowest BCUT2D eigenvalue weighted by Crippen LogP contribution is -2.45. The van der Waals surface area contributed by atoms with Gasteiger partial charge in [0.1, 0.15) is 5.82 Å². The molecule has 2 aliphatic heterocycles. The molecule has 2 fully saturated rings. The number of aryl methyl sites for hydroxylation is 1. The first-order chi connectivity index (χ1) is 12.6. The highest BCUT2D eigenvalue weighted by atomic mass is 16.5. The van der Waals surface area contributed by atoms with Crippen LogP contribution >= 0.6 is 0 Å². The first-order valence-corrected chi connectivity index (χ1v) is 9.15. The van der Waals surface area contributed by atoms with Crippen molar-refractivity contribution in [2.24, 2.45) is 0 Å². The molecule has 3 atom stereocenters. The molecule has 2 saturated heterocycles. The van der Waals surface area contributed by atoms with Crippen molar-refractivity contribution in [1.82, 2.24) is 20.2 Å². The molecule has 0 bridgehead atoms. The average molecular weight is 352 g/mol. The largest absolute Gasteiger partial charge is 0.376 e. The lowest BCUT2D eigenvalue weighted by molar-refractivity contribution is -0.0390. The minimum atomic E-state index is -0.109. The Hall–Kier alpha value is -2.31. The SMILES string of the molecule is Cc1ncc(C(=O)N[C@H]2C[C@H]3CO[C@@H](C)CN3C2)c(-c2ccccc2)n1. The number of amides is 1. The number of carbonyl (C=O) groups excluding carboxylic acids is 1. The van der Waals surface area contributed by atoms with Gasteiger partial charge in [-0.3, -0.25) is 9.69 Å². The summed E-state index contributed by atoms with van der Waals surface area (Å²) >= 11 is 0. The van der Waals surface area contributed by atoms with Crippen LogP contribution in [0, 0.1) is 6.92 Å². The number of benzene rings is 1. The molecule has 0 spiro atoms. The molecular weight excluding hydrogens is 328 g/mol. The van der Waals surface area contributed by atoms with Gasteiger partial charge in [-0.2, -0.15) is 0 Å². The summed E-state index contributed by atoms with van der Waals surface area (Å²) in [5.41, 5.74) is 2.13. The number of hydrogen-bond donors (Lipinski definition) is 1. The predicted octanol–water partition coefficient (Wildman–Crippen LogP) is 2.04. The van der Waals surface area contributed by atoms with E-state index >= 15 is 0 Å². The monoisotopic (exact) mass is 352 g/mol. The number of aromatic nitrogens is 2. The van der Waals surface area contributed by atoms with E-state index in [-0.39, 0.29) is 18.1 Å². The molecule has 1 N–H and O–H groups in total. The van der Waals surface area contributed by atoms with E-state index in [1.807, 2.05) is 37.3 Å². The number of carbonyl (C=O) groups is 1. The number of rotatable bonds is 3. The molecule has 1 amide bonds. The second-order valence-electron chi connectivity index (χ2n) is 7.20. The fraction of sp³-hybridized carbons (Fsp3) is 0.450. The van der Waals surface area contributed by atoms with Crippen LogP contribution in [0.15, 0.2) is 36.5 Å². The van der Waals surface area contributed by atoms with Crippen molar-refractivity contribution in [3.8, 4) is 11.3 Å². The van der Waals surface area contributed by atoms with Crippen LogP contribution in [-0.2, 0) is 4.74 Å². The average Bonchev–Trinajstić information content (AvgIpc) is 3.03. The summed E-state index contributed by atoms with van der Waals surface area (Å²) in [7, 11) is 0. The van der Waals surface area contributed by atoms with E-state index in [1.165, 1.54) is 0 Å². The standard InChI is InChI=1S/C20H24N4O2/c1-13-10-24-11-16(8-17(24)12-26-13)23-20(25)18-9-21-14(2)22-19(18)15-6-4-3-5-7-15/h3-7,9,13,16-17H,8,10-12H2,1-2H3,(H,23,25)/t13-,16-,17-/m0/s1. The van der Waals surface area contributed by atoms with E-state index in [0.29, 0.717) is 23.1 Å². The predicted molar refractivity (Wildman–Crippen MR) is 98.9 cm³/mol. The Kier molecular flexibility index (Phi) is 4.70. The molecule has 0 radical (unpaired) electrons. The van der Waals surface area contributed by atoms with Crippen LogP contribution in [0.5, 0.6) is 0 Å². The summed E-state index contributed by atoms with van der Waals surface area (Å²) in [6, 6.07) is 10.3. The molecule has 4 rings (SSSR count). The highest BCUT2D eigenvalue weighted by molar-refractivity contribution is 5.99. The Morgan fingerprint density at radius 2 is 2.08 bits per heavy atom. The number of nitrogens with zero attached hydrogens (tertiary/aromatic N) is 3. The Balaban J connectivity index is 1.52. The number of morpholine rings is 1. The molecule has 2 aromatic rings. The van der Waals surface area contributed by atoms with Gasteiger partial charge in [0.15, 0.2) is 0 Å². The Bertz CT molecular complexity index is 796.